The van der Waals surface area contributed by atoms with E-state index in [1.165, 1.54) is 16.7 Å². The standard InChI is InChI=1S/C22H28N2O2/c1-15-6-7-17(16(2)14-15)8-13-20(25)23-18-9-11-19(12-10-18)24-21(26)22(3,4)5/h6-7,9-12,14H,8,13H2,1-5H3,(H,23,25)(H,24,26). The smallest absolute Gasteiger partial charge is 0.229 e. The molecule has 2 amide bonds. The van der Waals surface area contributed by atoms with E-state index in [4.69, 9.17) is 0 Å². The van der Waals surface area contributed by atoms with Gasteiger partial charge < -0.3 is 10.6 Å². The van der Waals surface area contributed by atoms with Gasteiger partial charge in [0.05, 0.1) is 0 Å². The van der Waals surface area contributed by atoms with E-state index < -0.39 is 5.41 Å². The second kappa shape index (κ2) is 8.17. The molecule has 0 spiro atoms. The van der Waals surface area contributed by atoms with E-state index in [-0.39, 0.29) is 11.8 Å². The molecule has 2 aromatic rings. The third-order valence-corrected chi connectivity index (χ3v) is 4.23. The average molecular weight is 352 g/mol. The first-order chi connectivity index (χ1) is 12.1. The Balaban J connectivity index is 1.88. The van der Waals surface area contributed by atoms with E-state index in [0.717, 1.165) is 17.8 Å². The topological polar surface area (TPSA) is 58.2 Å². The minimum Gasteiger partial charge on any atom is -0.326 e. The van der Waals surface area contributed by atoms with Crippen LogP contribution in [0.3, 0.4) is 0 Å². The molecule has 4 heteroatoms. The number of anilines is 2. The number of benzene rings is 2. The minimum absolute atomic E-state index is 0.0172. The summed E-state index contributed by atoms with van der Waals surface area (Å²) in [5, 5.41) is 5.77. The summed E-state index contributed by atoms with van der Waals surface area (Å²) in [6.45, 7) is 9.74. The van der Waals surface area contributed by atoms with Gasteiger partial charge in [0.25, 0.3) is 0 Å². The molecule has 0 bridgehead atoms. The summed E-state index contributed by atoms with van der Waals surface area (Å²) in [6, 6.07) is 13.5. The zero-order valence-electron chi connectivity index (χ0n) is 16.3. The molecule has 2 aromatic carbocycles. The van der Waals surface area contributed by atoms with Crippen LogP contribution in [0.5, 0.6) is 0 Å². The highest BCUT2D eigenvalue weighted by molar-refractivity contribution is 5.95. The van der Waals surface area contributed by atoms with E-state index >= 15 is 0 Å². The normalized spacial score (nSPS) is 11.1. The third kappa shape index (κ3) is 5.73. The van der Waals surface area contributed by atoms with Gasteiger partial charge in [-0.05, 0) is 55.7 Å². The van der Waals surface area contributed by atoms with Gasteiger partial charge in [-0.2, -0.15) is 0 Å². The maximum absolute atomic E-state index is 12.2. The Labute approximate surface area is 156 Å². The Kier molecular flexibility index (Phi) is 6.19. The molecular weight excluding hydrogens is 324 g/mol. The van der Waals surface area contributed by atoms with Gasteiger partial charge in [-0.25, -0.2) is 0 Å². The number of hydrogen-bond acceptors (Lipinski definition) is 2. The molecule has 0 radical (unpaired) electrons. The van der Waals surface area contributed by atoms with E-state index in [1.54, 1.807) is 24.3 Å². The predicted octanol–water partition coefficient (Wildman–Crippen LogP) is 4.86. The van der Waals surface area contributed by atoms with Crippen molar-refractivity contribution < 1.29 is 9.59 Å². The lowest BCUT2D eigenvalue weighted by Crippen LogP contribution is -2.27. The fourth-order valence-corrected chi connectivity index (χ4v) is 2.55. The second-order valence-corrected chi connectivity index (χ2v) is 7.76. The number of amides is 2. The molecule has 0 aliphatic carbocycles. The SMILES string of the molecule is Cc1ccc(CCC(=O)Nc2ccc(NC(=O)C(C)(C)C)cc2)c(C)c1. The van der Waals surface area contributed by atoms with Crippen LogP contribution in [0.1, 0.15) is 43.9 Å². The molecule has 26 heavy (non-hydrogen) atoms. The van der Waals surface area contributed by atoms with Crippen molar-refractivity contribution in [3.8, 4) is 0 Å². The minimum atomic E-state index is -0.443. The zero-order chi connectivity index (χ0) is 19.3. The van der Waals surface area contributed by atoms with E-state index in [9.17, 15) is 9.59 Å². The van der Waals surface area contributed by atoms with E-state index in [2.05, 4.69) is 42.7 Å². The molecule has 0 saturated carbocycles. The predicted molar refractivity (Wildman–Crippen MR) is 107 cm³/mol. The number of carbonyl (C=O) groups is 2. The first-order valence-electron chi connectivity index (χ1n) is 8.92. The van der Waals surface area contributed by atoms with Crippen LogP contribution in [0, 0.1) is 19.3 Å². The Morgan fingerprint density at radius 3 is 2.00 bits per heavy atom. The van der Waals surface area contributed by atoms with Crippen LogP contribution >= 0.6 is 0 Å². The molecule has 0 aliphatic heterocycles. The van der Waals surface area contributed by atoms with Gasteiger partial charge in [0.15, 0.2) is 0 Å². The van der Waals surface area contributed by atoms with Gasteiger partial charge in [0.1, 0.15) is 0 Å². The van der Waals surface area contributed by atoms with E-state index in [0.29, 0.717) is 6.42 Å². The van der Waals surface area contributed by atoms with Crippen molar-refractivity contribution in [3.05, 3.63) is 59.2 Å². The highest BCUT2D eigenvalue weighted by atomic mass is 16.2. The lowest BCUT2D eigenvalue weighted by molar-refractivity contribution is -0.123. The molecule has 0 saturated heterocycles. The number of rotatable bonds is 5. The zero-order valence-corrected chi connectivity index (χ0v) is 16.3. The summed E-state index contributed by atoms with van der Waals surface area (Å²) < 4.78 is 0. The summed E-state index contributed by atoms with van der Waals surface area (Å²) in [5.74, 6) is -0.0563. The first-order valence-corrected chi connectivity index (χ1v) is 8.92. The van der Waals surface area contributed by atoms with Gasteiger partial charge in [-0.1, -0.05) is 44.5 Å². The van der Waals surface area contributed by atoms with Crippen molar-refractivity contribution in [1.29, 1.82) is 0 Å². The van der Waals surface area contributed by atoms with Crippen LogP contribution in [-0.2, 0) is 16.0 Å². The van der Waals surface area contributed by atoms with Gasteiger partial charge in [-0.3, -0.25) is 9.59 Å². The summed E-state index contributed by atoms with van der Waals surface area (Å²) in [7, 11) is 0. The van der Waals surface area contributed by atoms with Crippen molar-refractivity contribution in [2.75, 3.05) is 10.6 Å². The molecule has 2 rings (SSSR count). The van der Waals surface area contributed by atoms with Crippen molar-refractivity contribution >= 4 is 23.2 Å². The molecule has 4 nitrogen and oxygen atoms in total. The number of hydrogen-bond donors (Lipinski definition) is 2. The Hall–Kier alpha value is -2.62. The van der Waals surface area contributed by atoms with Crippen molar-refractivity contribution in [2.24, 2.45) is 5.41 Å². The maximum atomic E-state index is 12.2. The highest BCUT2D eigenvalue weighted by Gasteiger charge is 2.21. The molecule has 0 aliphatic rings. The largest absolute Gasteiger partial charge is 0.326 e. The van der Waals surface area contributed by atoms with Crippen molar-refractivity contribution in [2.45, 2.75) is 47.5 Å². The van der Waals surface area contributed by atoms with Gasteiger partial charge >= 0.3 is 0 Å². The lowest BCUT2D eigenvalue weighted by Gasteiger charge is -2.17. The molecule has 2 N–H and O–H groups in total. The molecule has 0 unspecified atom stereocenters. The summed E-state index contributed by atoms with van der Waals surface area (Å²) in [4.78, 5) is 24.2. The van der Waals surface area contributed by atoms with Crippen LogP contribution in [0.4, 0.5) is 11.4 Å². The Morgan fingerprint density at radius 2 is 1.46 bits per heavy atom. The molecule has 0 atom stereocenters. The molecule has 0 heterocycles. The summed E-state index contributed by atoms with van der Waals surface area (Å²) in [5.41, 5.74) is 4.65. The van der Waals surface area contributed by atoms with Gasteiger partial charge in [0.2, 0.25) is 11.8 Å². The van der Waals surface area contributed by atoms with Crippen LogP contribution in [0.25, 0.3) is 0 Å². The quantitative estimate of drug-likeness (QED) is 0.807. The van der Waals surface area contributed by atoms with Crippen LogP contribution in [-0.4, -0.2) is 11.8 Å². The number of nitrogens with one attached hydrogen (secondary N) is 2. The van der Waals surface area contributed by atoms with Crippen molar-refractivity contribution in [3.63, 3.8) is 0 Å². The Morgan fingerprint density at radius 1 is 0.885 bits per heavy atom. The molecule has 0 fully saturated rings. The van der Waals surface area contributed by atoms with Gasteiger partial charge in [-0.15, -0.1) is 0 Å². The summed E-state index contributed by atoms with van der Waals surface area (Å²) in [6.07, 6.45) is 1.16. The molecule has 0 aromatic heterocycles. The Bertz CT molecular complexity index is 787. The first kappa shape index (κ1) is 19.7. The van der Waals surface area contributed by atoms with Crippen LogP contribution in [0.2, 0.25) is 0 Å². The lowest BCUT2D eigenvalue weighted by atomic mass is 9.95. The van der Waals surface area contributed by atoms with Crippen LogP contribution in [0.15, 0.2) is 42.5 Å². The molecular formula is C22H28N2O2. The third-order valence-electron chi connectivity index (χ3n) is 4.23. The fraction of sp³-hybridized carbons (Fsp3) is 0.364. The second-order valence-electron chi connectivity index (χ2n) is 7.76. The number of aryl methyl sites for hydroxylation is 3. The van der Waals surface area contributed by atoms with Crippen LogP contribution < -0.4 is 10.6 Å². The fourth-order valence-electron chi connectivity index (χ4n) is 2.55. The monoisotopic (exact) mass is 352 g/mol. The van der Waals surface area contributed by atoms with E-state index in [1.807, 2.05) is 20.8 Å². The average Bonchev–Trinajstić information content (AvgIpc) is 2.55. The van der Waals surface area contributed by atoms with Gasteiger partial charge in [0, 0.05) is 23.2 Å². The summed E-state index contributed by atoms with van der Waals surface area (Å²) >= 11 is 0. The number of carbonyl (C=O) groups excluding carboxylic acids is 2. The highest BCUT2D eigenvalue weighted by Crippen LogP contribution is 2.19. The molecule has 138 valence electrons. The van der Waals surface area contributed by atoms with Crippen molar-refractivity contribution in [1.82, 2.24) is 0 Å². The maximum Gasteiger partial charge on any atom is 0.229 e.